The van der Waals surface area contributed by atoms with E-state index in [0.29, 0.717) is 6.04 Å². The minimum absolute atomic E-state index is 0. The Balaban J connectivity index is 0.00000128. The number of nitrogens with zero attached hydrogens (tertiary/aromatic N) is 1. The molecule has 0 saturated carbocycles. The Kier molecular flexibility index (Phi) is 5.06. The Labute approximate surface area is 108 Å². The van der Waals surface area contributed by atoms with Gasteiger partial charge in [0, 0.05) is 30.7 Å². The molecular formula is C12H18Cl2N2. The zero-order valence-electron chi connectivity index (χ0n) is 9.66. The minimum atomic E-state index is 0. The van der Waals surface area contributed by atoms with Crippen molar-refractivity contribution >= 4 is 24.0 Å². The Morgan fingerprint density at radius 3 is 2.62 bits per heavy atom. The third kappa shape index (κ3) is 3.11. The van der Waals surface area contributed by atoms with Crippen LogP contribution in [-0.2, 0) is 6.54 Å². The fraction of sp³-hybridized carbons (Fsp3) is 0.500. The number of rotatable bonds is 3. The highest BCUT2D eigenvalue weighted by Crippen LogP contribution is 2.17. The first-order chi connectivity index (χ1) is 7.16. The summed E-state index contributed by atoms with van der Waals surface area (Å²) < 4.78 is 0. The van der Waals surface area contributed by atoms with Gasteiger partial charge in [-0.15, -0.1) is 12.4 Å². The smallest absolute Gasteiger partial charge is 0.0408 e. The van der Waals surface area contributed by atoms with E-state index in [9.17, 15) is 0 Å². The lowest BCUT2D eigenvalue weighted by molar-refractivity contribution is 0.173. The molecule has 1 aromatic rings. The molecular weight excluding hydrogens is 243 g/mol. The van der Waals surface area contributed by atoms with E-state index in [1.165, 1.54) is 11.1 Å². The molecule has 0 radical (unpaired) electrons. The largest absolute Gasteiger partial charge is 0.314 e. The van der Waals surface area contributed by atoms with Crippen LogP contribution >= 0.6 is 24.0 Å². The van der Waals surface area contributed by atoms with Crippen molar-refractivity contribution in [1.82, 2.24) is 10.2 Å². The number of benzene rings is 1. The summed E-state index contributed by atoms with van der Waals surface area (Å²) in [5, 5.41) is 4.11. The van der Waals surface area contributed by atoms with E-state index >= 15 is 0 Å². The third-order valence-corrected chi connectivity index (χ3v) is 3.34. The number of aryl methyl sites for hydroxylation is 1. The molecule has 1 aliphatic rings. The van der Waals surface area contributed by atoms with Crippen LogP contribution in [0.5, 0.6) is 0 Å². The zero-order valence-corrected chi connectivity index (χ0v) is 11.2. The van der Waals surface area contributed by atoms with E-state index < -0.39 is 0 Å². The van der Waals surface area contributed by atoms with Crippen LogP contribution in [-0.4, -0.2) is 31.1 Å². The van der Waals surface area contributed by atoms with Crippen molar-refractivity contribution in [3.05, 3.63) is 34.3 Å². The highest BCUT2D eigenvalue weighted by molar-refractivity contribution is 6.30. The normalized spacial score (nSPS) is 15.8. The van der Waals surface area contributed by atoms with Gasteiger partial charge in [-0.25, -0.2) is 0 Å². The molecule has 0 spiro atoms. The van der Waals surface area contributed by atoms with Gasteiger partial charge in [-0.1, -0.05) is 17.7 Å². The maximum absolute atomic E-state index is 5.93. The van der Waals surface area contributed by atoms with Crippen LogP contribution in [0.3, 0.4) is 0 Å². The topological polar surface area (TPSA) is 15.3 Å². The fourth-order valence-electron chi connectivity index (χ4n) is 1.82. The second-order valence-corrected chi connectivity index (χ2v) is 4.73. The van der Waals surface area contributed by atoms with E-state index in [1.807, 2.05) is 12.1 Å². The molecule has 1 saturated heterocycles. The van der Waals surface area contributed by atoms with Crippen LogP contribution in [0.15, 0.2) is 18.2 Å². The lowest BCUT2D eigenvalue weighted by Crippen LogP contribution is -2.55. The van der Waals surface area contributed by atoms with Gasteiger partial charge < -0.3 is 5.32 Å². The summed E-state index contributed by atoms with van der Waals surface area (Å²) in [6.07, 6.45) is 0. The van der Waals surface area contributed by atoms with Crippen molar-refractivity contribution in [2.45, 2.75) is 19.5 Å². The Morgan fingerprint density at radius 1 is 1.44 bits per heavy atom. The van der Waals surface area contributed by atoms with E-state index in [0.717, 1.165) is 24.7 Å². The average Bonchev–Trinajstić information content (AvgIpc) is 2.07. The number of hydrogen-bond donors (Lipinski definition) is 1. The molecule has 0 amide bonds. The predicted octanol–water partition coefficient (Wildman–Crippen LogP) is 2.47. The first kappa shape index (κ1) is 13.8. The first-order valence-corrected chi connectivity index (χ1v) is 5.70. The van der Waals surface area contributed by atoms with E-state index in [2.05, 4.69) is 30.3 Å². The molecule has 1 aromatic carbocycles. The SMILES string of the molecule is Cc1cc(Cl)ccc1CN(C)C1CNC1.Cl. The molecule has 1 aliphatic heterocycles. The Hall–Kier alpha value is -0.280. The summed E-state index contributed by atoms with van der Waals surface area (Å²) in [5.74, 6) is 0. The predicted molar refractivity (Wildman–Crippen MR) is 71.6 cm³/mol. The second-order valence-electron chi connectivity index (χ2n) is 4.30. The molecule has 90 valence electrons. The maximum Gasteiger partial charge on any atom is 0.0408 e. The summed E-state index contributed by atoms with van der Waals surface area (Å²) in [6, 6.07) is 6.82. The van der Waals surface area contributed by atoms with Crippen molar-refractivity contribution in [3.63, 3.8) is 0 Å². The zero-order chi connectivity index (χ0) is 10.8. The van der Waals surface area contributed by atoms with Crippen LogP contribution in [0.1, 0.15) is 11.1 Å². The van der Waals surface area contributed by atoms with Gasteiger partial charge >= 0.3 is 0 Å². The highest BCUT2D eigenvalue weighted by Gasteiger charge is 2.21. The van der Waals surface area contributed by atoms with Crippen molar-refractivity contribution in [3.8, 4) is 0 Å². The van der Waals surface area contributed by atoms with Gasteiger partial charge in [-0.2, -0.15) is 0 Å². The standard InChI is InChI=1S/C12H17ClN2.ClH/c1-9-5-11(13)4-3-10(9)8-15(2)12-6-14-7-12;/h3-5,12,14H,6-8H2,1-2H3;1H. The Bertz CT molecular complexity index is 351. The molecule has 16 heavy (non-hydrogen) atoms. The van der Waals surface area contributed by atoms with Gasteiger partial charge in [-0.3, -0.25) is 4.90 Å². The van der Waals surface area contributed by atoms with Crippen molar-refractivity contribution in [2.75, 3.05) is 20.1 Å². The van der Waals surface area contributed by atoms with E-state index in [4.69, 9.17) is 11.6 Å². The molecule has 0 aliphatic carbocycles. The fourth-order valence-corrected chi connectivity index (χ4v) is 2.05. The minimum Gasteiger partial charge on any atom is -0.314 e. The Morgan fingerprint density at radius 2 is 2.12 bits per heavy atom. The molecule has 1 heterocycles. The monoisotopic (exact) mass is 260 g/mol. The number of hydrogen-bond acceptors (Lipinski definition) is 2. The number of likely N-dealkylation sites (N-methyl/N-ethyl adjacent to an activating group) is 1. The van der Waals surface area contributed by atoms with Gasteiger partial charge in [0.15, 0.2) is 0 Å². The number of halogens is 2. The first-order valence-electron chi connectivity index (χ1n) is 5.33. The molecule has 2 nitrogen and oxygen atoms in total. The van der Waals surface area contributed by atoms with Crippen LogP contribution in [0.25, 0.3) is 0 Å². The maximum atomic E-state index is 5.93. The van der Waals surface area contributed by atoms with Gasteiger partial charge in [0.05, 0.1) is 0 Å². The molecule has 4 heteroatoms. The molecule has 0 bridgehead atoms. The quantitative estimate of drug-likeness (QED) is 0.899. The summed E-state index contributed by atoms with van der Waals surface area (Å²) in [5.41, 5.74) is 2.65. The van der Waals surface area contributed by atoms with Gasteiger partial charge in [0.2, 0.25) is 0 Å². The van der Waals surface area contributed by atoms with Gasteiger partial charge in [0.1, 0.15) is 0 Å². The average molecular weight is 261 g/mol. The molecule has 2 rings (SSSR count). The molecule has 0 atom stereocenters. The summed E-state index contributed by atoms with van der Waals surface area (Å²) in [4.78, 5) is 2.40. The van der Waals surface area contributed by atoms with E-state index in [1.54, 1.807) is 0 Å². The van der Waals surface area contributed by atoms with Crippen molar-refractivity contribution < 1.29 is 0 Å². The summed E-state index contributed by atoms with van der Waals surface area (Å²) in [6.45, 7) is 5.36. The van der Waals surface area contributed by atoms with Crippen LogP contribution in [0, 0.1) is 6.92 Å². The van der Waals surface area contributed by atoms with Gasteiger partial charge in [0.25, 0.3) is 0 Å². The number of nitrogens with one attached hydrogen (secondary N) is 1. The molecule has 0 aromatic heterocycles. The van der Waals surface area contributed by atoms with Crippen LogP contribution in [0.4, 0.5) is 0 Å². The highest BCUT2D eigenvalue weighted by atomic mass is 35.5. The third-order valence-electron chi connectivity index (χ3n) is 3.11. The lowest BCUT2D eigenvalue weighted by Gasteiger charge is -2.35. The molecule has 1 N–H and O–H groups in total. The second kappa shape index (κ2) is 5.87. The lowest BCUT2D eigenvalue weighted by atomic mass is 10.1. The van der Waals surface area contributed by atoms with Gasteiger partial charge in [-0.05, 0) is 37.2 Å². The van der Waals surface area contributed by atoms with E-state index in [-0.39, 0.29) is 12.4 Å². The van der Waals surface area contributed by atoms with Crippen molar-refractivity contribution in [1.29, 1.82) is 0 Å². The van der Waals surface area contributed by atoms with Crippen LogP contribution < -0.4 is 5.32 Å². The summed E-state index contributed by atoms with van der Waals surface area (Å²) >= 11 is 5.93. The van der Waals surface area contributed by atoms with Crippen molar-refractivity contribution in [2.24, 2.45) is 0 Å². The molecule has 1 fully saturated rings. The molecule has 0 unspecified atom stereocenters. The summed E-state index contributed by atoms with van der Waals surface area (Å²) in [7, 11) is 2.18. The van der Waals surface area contributed by atoms with Crippen LogP contribution in [0.2, 0.25) is 5.02 Å².